The van der Waals surface area contributed by atoms with E-state index in [0.717, 1.165) is 25.7 Å². The Hall–Kier alpha value is -0.590. The van der Waals surface area contributed by atoms with Gasteiger partial charge in [-0.15, -0.1) is 6.58 Å². The predicted molar refractivity (Wildman–Crippen MR) is 48.5 cm³/mol. The molecule has 0 aromatic rings. The third-order valence-corrected chi connectivity index (χ3v) is 1.67. The summed E-state index contributed by atoms with van der Waals surface area (Å²) in [4.78, 5) is 11.1. The van der Waals surface area contributed by atoms with Crippen molar-refractivity contribution >= 4 is 5.78 Å². The first-order valence-corrected chi connectivity index (χ1v) is 4.33. The standard InChI is InChI=1S/C10H18O/c1-4-6-9(3)8-10(11)7-5-2/h4,9H,1,5-8H2,2-3H3. The highest BCUT2D eigenvalue weighted by Crippen LogP contribution is 2.09. The highest BCUT2D eigenvalue weighted by atomic mass is 16.1. The van der Waals surface area contributed by atoms with Gasteiger partial charge in [0.1, 0.15) is 5.78 Å². The Labute approximate surface area is 69.5 Å². The molecule has 0 amide bonds. The van der Waals surface area contributed by atoms with Gasteiger partial charge in [0, 0.05) is 12.8 Å². The summed E-state index contributed by atoms with van der Waals surface area (Å²) in [5.41, 5.74) is 0. The summed E-state index contributed by atoms with van der Waals surface area (Å²) < 4.78 is 0. The molecule has 0 aromatic carbocycles. The van der Waals surface area contributed by atoms with Crippen molar-refractivity contribution in [1.82, 2.24) is 0 Å². The van der Waals surface area contributed by atoms with Crippen molar-refractivity contribution in [2.75, 3.05) is 0 Å². The van der Waals surface area contributed by atoms with Crippen LogP contribution in [0.4, 0.5) is 0 Å². The van der Waals surface area contributed by atoms with E-state index in [4.69, 9.17) is 0 Å². The molecule has 1 heteroatoms. The highest BCUT2D eigenvalue weighted by Gasteiger charge is 2.05. The second-order valence-electron chi connectivity index (χ2n) is 3.12. The normalized spacial score (nSPS) is 12.5. The molecule has 1 nitrogen and oxygen atoms in total. The maximum absolute atomic E-state index is 11.1. The van der Waals surface area contributed by atoms with Crippen LogP contribution in [0.25, 0.3) is 0 Å². The lowest BCUT2D eigenvalue weighted by atomic mass is 9.99. The number of carbonyl (C=O) groups excluding carboxylic acids is 1. The minimum Gasteiger partial charge on any atom is -0.300 e. The molecular formula is C10H18O. The van der Waals surface area contributed by atoms with Gasteiger partial charge in [-0.25, -0.2) is 0 Å². The quantitative estimate of drug-likeness (QED) is 0.537. The van der Waals surface area contributed by atoms with Gasteiger partial charge in [-0.1, -0.05) is 19.9 Å². The summed E-state index contributed by atoms with van der Waals surface area (Å²) in [6.07, 6.45) is 5.26. The van der Waals surface area contributed by atoms with E-state index in [1.807, 2.05) is 13.0 Å². The summed E-state index contributed by atoms with van der Waals surface area (Å²) in [5.74, 6) is 0.869. The molecule has 0 N–H and O–H groups in total. The molecule has 0 spiro atoms. The van der Waals surface area contributed by atoms with E-state index >= 15 is 0 Å². The van der Waals surface area contributed by atoms with Crippen LogP contribution in [0.3, 0.4) is 0 Å². The molecule has 11 heavy (non-hydrogen) atoms. The van der Waals surface area contributed by atoms with Crippen LogP contribution < -0.4 is 0 Å². The zero-order valence-electron chi connectivity index (χ0n) is 7.60. The first-order chi connectivity index (χ1) is 5.20. The molecule has 1 unspecified atom stereocenters. The third-order valence-electron chi connectivity index (χ3n) is 1.67. The SMILES string of the molecule is C=CCC(C)CC(=O)CCC. The number of carbonyl (C=O) groups is 1. The minimum atomic E-state index is 0.391. The lowest BCUT2D eigenvalue weighted by Gasteiger charge is -2.05. The summed E-state index contributed by atoms with van der Waals surface area (Å²) in [6, 6.07) is 0. The molecule has 0 fully saturated rings. The van der Waals surface area contributed by atoms with Gasteiger partial charge in [0.25, 0.3) is 0 Å². The van der Waals surface area contributed by atoms with E-state index in [2.05, 4.69) is 13.5 Å². The van der Waals surface area contributed by atoms with E-state index in [9.17, 15) is 4.79 Å². The summed E-state index contributed by atoms with van der Waals surface area (Å²) in [6.45, 7) is 7.77. The van der Waals surface area contributed by atoms with Gasteiger partial charge >= 0.3 is 0 Å². The Kier molecular flexibility index (Phi) is 5.81. The number of ketones is 1. The number of hydrogen-bond donors (Lipinski definition) is 0. The first-order valence-electron chi connectivity index (χ1n) is 4.33. The fourth-order valence-electron chi connectivity index (χ4n) is 1.14. The van der Waals surface area contributed by atoms with Crippen LogP contribution in [-0.2, 0) is 4.79 Å². The average Bonchev–Trinajstić information content (AvgIpc) is 1.87. The summed E-state index contributed by atoms with van der Waals surface area (Å²) in [5, 5.41) is 0. The zero-order chi connectivity index (χ0) is 8.69. The lowest BCUT2D eigenvalue weighted by molar-refractivity contribution is -0.119. The van der Waals surface area contributed by atoms with Crippen molar-refractivity contribution < 1.29 is 4.79 Å². The van der Waals surface area contributed by atoms with Crippen molar-refractivity contribution in [3.8, 4) is 0 Å². The van der Waals surface area contributed by atoms with Crippen molar-refractivity contribution in [1.29, 1.82) is 0 Å². The second-order valence-corrected chi connectivity index (χ2v) is 3.12. The van der Waals surface area contributed by atoms with Crippen LogP contribution in [0.1, 0.15) is 39.5 Å². The molecule has 64 valence electrons. The average molecular weight is 154 g/mol. The Morgan fingerprint density at radius 2 is 2.27 bits per heavy atom. The highest BCUT2D eigenvalue weighted by molar-refractivity contribution is 5.78. The van der Waals surface area contributed by atoms with Gasteiger partial charge in [0.2, 0.25) is 0 Å². The van der Waals surface area contributed by atoms with Crippen LogP contribution >= 0.6 is 0 Å². The second kappa shape index (κ2) is 6.14. The van der Waals surface area contributed by atoms with Gasteiger partial charge in [0.05, 0.1) is 0 Å². The third kappa shape index (κ3) is 5.84. The summed E-state index contributed by atoms with van der Waals surface area (Å²) in [7, 11) is 0. The van der Waals surface area contributed by atoms with Gasteiger partial charge in [-0.3, -0.25) is 4.79 Å². The molecule has 0 aliphatic rings. The molecule has 0 saturated heterocycles. The molecule has 0 saturated carbocycles. The molecule has 0 bridgehead atoms. The Balaban J connectivity index is 3.48. The number of rotatable bonds is 6. The molecular weight excluding hydrogens is 136 g/mol. The predicted octanol–water partition coefficient (Wildman–Crippen LogP) is 2.96. The smallest absolute Gasteiger partial charge is 0.133 e. The molecule has 0 radical (unpaired) electrons. The largest absolute Gasteiger partial charge is 0.300 e. The number of allylic oxidation sites excluding steroid dienone is 1. The van der Waals surface area contributed by atoms with Crippen molar-refractivity contribution in [2.24, 2.45) is 5.92 Å². The first kappa shape index (κ1) is 10.4. The van der Waals surface area contributed by atoms with Crippen molar-refractivity contribution in [3.05, 3.63) is 12.7 Å². The monoisotopic (exact) mass is 154 g/mol. The Morgan fingerprint density at radius 1 is 1.64 bits per heavy atom. The van der Waals surface area contributed by atoms with Gasteiger partial charge in [0.15, 0.2) is 0 Å². The minimum absolute atomic E-state index is 0.391. The molecule has 0 heterocycles. The van der Waals surface area contributed by atoms with Crippen LogP contribution in [0.2, 0.25) is 0 Å². The fraction of sp³-hybridized carbons (Fsp3) is 0.700. The zero-order valence-corrected chi connectivity index (χ0v) is 7.60. The van der Waals surface area contributed by atoms with E-state index in [1.54, 1.807) is 0 Å². The lowest BCUT2D eigenvalue weighted by Crippen LogP contribution is -2.03. The Bertz CT molecular complexity index is 127. The van der Waals surface area contributed by atoms with Crippen molar-refractivity contribution in [3.63, 3.8) is 0 Å². The Morgan fingerprint density at radius 3 is 2.73 bits per heavy atom. The molecule has 0 aromatic heterocycles. The van der Waals surface area contributed by atoms with E-state index in [-0.39, 0.29) is 0 Å². The van der Waals surface area contributed by atoms with Crippen LogP contribution in [0.5, 0.6) is 0 Å². The van der Waals surface area contributed by atoms with E-state index in [1.165, 1.54) is 0 Å². The van der Waals surface area contributed by atoms with Gasteiger partial charge in [-0.2, -0.15) is 0 Å². The topological polar surface area (TPSA) is 17.1 Å². The van der Waals surface area contributed by atoms with Gasteiger partial charge < -0.3 is 0 Å². The maximum atomic E-state index is 11.1. The molecule has 0 aliphatic heterocycles. The number of hydrogen-bond acceptors (Lipinski definition) is 1. The van der Waals surface area contributed by atoms with Crippen LogP contribution in [-0.4, -0.2) is 5.78 Å². The molecule has 1 atom stereocenters. The maximum Gasteiger partial charge on any atom is 0.133 e. The van der Waals surface area contributed by atoms with E-state index in [0.29, 0.717) is 11.7 Å². The number of Topliss-reactive ketones (excluding diaryl/α,β-unsaturated/α-hetero) is 1. The van der Waals surface area contributed by atoms with E-state index < -0.39 is 0 Å². The van der Waals surface area contributed by atoms with Crippen LogP contribution in [0.15, 0.2) is 12.7 Å². The summed E-state index contributed by atoms with van der Waals surface area (Å²) >= 11 is 0. The fourth-order valence-corrected chi connectivity index (χ4v) is 1.14. The molecule has 0 rings (SSSR count). The van der Waals surface area contributed by atoms with Crippen molar-refractivity contribution in [2.45, 2.75) is 39.5 Å². The molecule has 0 aliphatic carbocycles. The van der Waals surface area contributed by atoms with Gasteiger partial charge in [-0.05, 0) is 18.8 Å². The van der Waals surface area contributed by atoms with Crippen LogP contribution in [0, 0.1) is 5.92 Å².